The molecule has 1 aromatic rings. The summed E-state index contributed by atoms with van der Waals surface area (Å²) in [4.78, 5) is 28.9. The number of hydrogen-bond acceptors (Lipinski definition) is 2. The van der Waals surface area contributed by atoms with Crippen molar-refractivity contribution in [1.29, 1.82) is 0 Å². The molecule has 1 aromatic carbocycles. The minimum atomic E-state index is -0.129. The van der Waals surface area contributed by atoms with Crippen molar-refractivity contribution in [3.63, 3.8) is 0 Å². The van der Waals surface area contributed by atoms with Crippen LogP contribution in [0.1, 0.15) is 57.4 Å². The predicted molar refractivity (Wildman–Crippen MR) is 107 cm³/mol. The van der Waals surface area contributed by atoms with Gasteiger partial charge in [-0.25, -0.2) is 4.79 Å². The molecule has 3 amide bonds. The van der Waals surface area contributed by atoms with Crippen LogP contribution in [0.5, 0.6) is 0 Å². The van der Waals surface area contributed by atoms with Gasteiger partial charge in [-0.15, -0.1) is 0 Å². The third-order valence-electron chi connectivity index (χ3n) is 5.83. The second kappa shape index (κ2) is 9.25. The maximum atomic E-state index is 12.8. The standard InChI is InChI=1S/C22H33N3O2/c1-17-8-10-19(11-9-17)25(20-12-13-20)21(26)14-15-23-22(27)24(2)16-18-6-4-3-5-7-18/h3-7,17,19-20H,8-16H2,1-2H3,(H,23,27). The third kappa shape index (κ3) is 5.72. The molecule has 0 saturated heterocycles. The molecule has 2 fully saturated rings. The van der Waals surface area contributed by atoms with E-state index in [1.807, 2.05) is 30.3 Å². The number of carbonyl (C=O) groups excluding carboxylic acids is 2. The summed E-state index contributed by atoms with van der Waals surface area (Å²) in [5.41, 5.74) is 1.10. The van der Waals surface area contributed by atoms with Crippen LogP contribution in [0.15, 0.2) is 30.3 Å². The zero-order valence-electron chi connectivity index (χ0n) is 16.7. The number of hydrogen-bond donors (Lipinski definition) is 1. The van der Waals surface area contributed by atoms with Crippen LogP contribution in [0, 0.1) is 5.92 Å². The summed E-state index contributed by atoms with van der Waals surface area (Å²) < 4.78 is 0. The highest BCUT2D eigenvalue weighted by atomic mass is 16.2. The fourth-order valence-corrected chi connectivity index (χ4v) is 4.05. The molecule has 0 aromatic heterocycles. The molecule has 0 aliphatic heterocycles. The van der Waals surface area contributed by atoms with E-state index < -0.39 is 0 Å². The van der Waals surface area contributed by atoms with Crippen molar-refractivity contribution in [2.24, 2.45) is 5.92 Å². The molecule has 3 rings (SSSR count). The minimum Gasteiger partial charge on any atom is -0.337 e. The molecule has 1 N–H and O–H groups in total. The van der Waals surface area contributed by atoms with E-state index >= 15 is 0 Å². The first-order valence-electron chi connectivity index (χ1n) is 10.4. The van der Waals surface area contributed by atoms with E-state index in [9.17, 15) is 9.59 Å². The molecule has 0 spiro atoms. The molecule has 5 heteroatoms. The van der Waals surface area contributed by atoms with Crippen LogP contribution < -0.4 is 5.32 Å². The molecule has 2 aliphatic rings. The number of rotatable bonds is 7. The Morgan fingerprint density at radius 2 is 1.59 bits per heavy atom. The number of carbonyl (C=O) groups is 2. The minimum absolute atomic E-state index is 0.129. The molecule has 0 heterocycles. The topological polar surface area (TPSA) is 52.7 Å². The first kappa shape index (κ1) is 19.7. The lowest BCUT2D eigenvalue weighted by atomic mass is 9.86. The number of nitrogens with one attached hydrogen (secondary N) is 1. The van der Waals surface area contributed by atoms with E-state index in [1.165, 1.54) is 12.8 Å². The Hall–Kier alpha value is -2.04. The zero-order chi connectivity index (χ0) is 19.2. The second-order valence-corrected chi connectivity index (χ2v) is 8.27. The molecule has 2 saturated carbocycles. The quantitative estimate of drug-likeness (QED) is 0.793. The van der Waals surface area contributed by atoms with Gasteiger partial charge in [0.05, 0.1) is 0 Å². The summed E-state index contributed by atoms with van der Waals surface area (Å²) in [7, 11) is 1.78. The van der Waals surface area contributed by atoms with Crippen LogP contribution in [0.2, 0.25) is 0 Å². The van der Waals surface area contributed by atoms with Crippen LogP contribution >= 0.6 is 0 Å². The summed E-state index contributed by atoms with van der Waals surface area (Å²) in [5, 5.41) is 2.90. The summed E-state index contributed by atoms with van der Waals surface area (Å²) in [6.07, 6.45) is 7.40. The Balaban J connectivity index is 1.43. The van der Waals surface area contributed by atoms with Gasteiger partial charge in [-0.3, -0.25) is 4.79 Å². The third-order valence-corrected chi connectivity index (χ3v) is 5.83. The molecule has 0 radical (unpaired) electrons. The van der Waals surface area contributed by atoms with Gasteiger partial charge in [-0.2, -0.15) is 0 Å². The van der Waals surface area contributed by atoms with Crippen molar-refractivity contribution >= 4 is 11.9 Å². The van der Waals surface area contributed by atoms with E-state index in [-0.39, 0.29) is 11.9 Å². The average Bonchev–Trinajstić information content (AvgIpc) is 3.49. The van der Waals surface area contributed by atoms with Gasteiger partial charge in [0.25, 0.3) is 0 Å². The Morgan fingerprint density at radius 3 is 2.19 bits per heavy atom. The first-order chi connectivity index (χ1) is 13.0. The molecule has 5 nitrogen and oxygen atoms in total. The van der Waals surface area contributed by atoms with Crippen molar-refractivity contribution < 1.29 is 9.59 Å². The van der Waals surface area contributed by atoms with Crippen molar-refractivity contribution in [1.82, 2.24) is 15.1 Å². The highest BCUT2D eigenvalue weighted by molar-refractivity contribution is 5.79. The number of amides is 3. The van der Waals surface area contributed by atoms with Gasteiger partial charge in [0.2, 0.25) is 5.91 Å². The van der Waals surface area contributed by atoms with Gasteiger partial charge < -0.3 is 15.1 Å². The SMILES string of the molecule is CC1CCC(N(C(=O)CCNC(=O)N(C)Cc2ccccc2)C2CC2)CC1. The van der Waals surface area contributed by atoms with E-state index in [2.05, 4.69) is 17.1 Å². The molecule has 0 unspecified atom stereocenters. The summed E-state index contributed by atoms with van der Waals surface area (Å²) in [6.45, 7) is 3.28. The Morgan fingerprint density at radius 1 is 1.00 bits per heavy atom. The maximum absolute atomic E-state index is 12.8. The number of urea groups is 1. The largest absolute Gasteiger partial charge is 0.337 e. The Labute approximate surface area is 163 Å². The molecular weight excluding hydrogens is 338 g/mol. The van der Waals surface area contributed by atoms with Crippen LogP contribution in [-0.4, -0.2) is 47.4 Å². The molecule has 2 aliphatic carbocycles. The lowest BCUT2D eigenvalue weighted by Gasteiger charge is -2.36. The van der Waals surface area contributed by atoms with Crippen LogP contribution in [0.3, 0.4) is 0 Å². The van der Waals surface area contributed by atoms with Crippen molar-refractivity contribution in [3.05, 3.63) is 35.9 Å². The van der Waals surface area contributed by atoms with E-state index in [0.29, 0.717) is 31.6 Å². The van der Waals surface area contributed by atoms with Crippen molar-refractivity contribution in [2.75, 3.05) is 13.6 Å². The predicted octanol–water partition coefficient (Wildman–Crippen LogP) is 3.79. The highest BCUT2D eigenvalue weighted by Gasteiger charge is 2.38. The van der Waals surface area contributed by atoms with Gasteiger partial charge >= 0.3 is 6.03 Å². The number of benzene rings is 1. The average molecular weight is 372 g/mol. The molecule has 0 atom stereocenters. The van der Waals surface area contributed by atoms with Crippen molar-refractivity contribution in [3.8, 4) is 0 Å². The zero-order valence-corrected chi connectivity index (χ0v) is 16.7. The molecule has 0 bridgehead atoms. The van der Waals surface area contributed by atoms with Gasteiger partial charge in [0.15, 0.2) is 0 Å². The van der Waals surface area contributed by atoms with Crippen LogP contribution in [0.25, 0.3) is 0 Å². The lowest BCUT2D eigenvalue weighted by Crippen LogP contribution is -2.45. The van der Waals surface area contributed by atoms with Gasteiger partial charge in [0, 0.05) is 38.6 Å². The van der Waals surface area contributed by atoms with Crippen LogP contribution in [-0.2, 0) is 11.3 Å². The maximum Gasteiger partial charge on any atom is 0.317 e. The summed E-state index contributed by atoms with van der Waals surface area (Å²) in [5.74, 6) is 1.000. The fraction of sp³-hybridized carbons (Fsp3) is 0.636. The van der Waals surface area contributed by atoms with E-state index in [0.717, 1.165) is 37.2 Å². The van der Waals surface area contributed by atoms with Gasteiger partial charge in [-0.05, 0) is 50.0 Å². The summed E-state index contributed by atoms with van der Waals surface area (Å²) >= 11 is 0. The first-order valence-corrected chi connectivity index (χ1v) is 10.4. The van der Waals surface area contributed by atoms with Crippen molar-refractivity contribution in [2.45, 2.75) is 70.5 Å². The molecule has 27 heavy (non-hydrogen) atoms. The highest BCUT2D eigenvalue weighted by Crippen LogP contribution is 2.35. The monoisotopic (exact) mass is 371 g/mol. The Kier molecular flexibility index (Phi) is 6.75. The molecular formula is C22H33N3O2. The Bertz CT molecular complexity index is 622. The van der Waals surface area contributed by atoms with Gasteiger partial charge in [0.1, 0.15) is 0 Å². The van der Waals surface area contributed by atoms with E-state index in [4.69, 9.17) is 0 Å². The van der Waals surface area contributed by atoms with Gasteiger partial charge in [-0.1, -0.05) is 37.3 Å². The van der Waals surface area contributed by atoms with Crippen LogP contribution in [0.4, 0.5) is 4.79 Å². The smallest absolute Gasteiger partial charge is 0.317 e. The second-order valence-electron chi connectivity index (χ2n) is 8.27. The lowest BCUT2D eigenvalue weighted by molar-refractivity contribution is -0.135. The fourth-order valence-electron chi connectivity index (χ4n) is 4.05. The normalized spacial score (nSPS) is 22.1. The van der Waals surface area contributed by atoms with E-state index in [1.54, 1.807) is 11.9 Å². The molecule has 148 valence electrons. The summed E-state index contributed by atoms with van der Waals surface area (Å²) in [6, 6.07) is 10.7. The number of nitrogens with zero attached hydrogens (tertiary/aromatic N) is 2.